The fourth-order valence-electron chi connectivity index (χ4n) is 2.44. The minimum absolute atomic E-state index is 0.661. The smallest absolute Gasteiger partial charge is 0.309 e. The summed E-state index contributed by atoms with van der Waals surface area (Å²) in [6.07, 6.45) is 8.16. The van der Waals surface area contributed by atoms with Crippen molar-refractivity contribution in [3.05, 3.63) is 72.1 Å². The summed E-state index contributed by atoms with van der Waals surface area (Å²) in [7, 11) is 0. The first kappa shape index (κ1) is 16.9. The lowest BCUT2D eigenvalue weighted by Crippen LogP contribution is -2.23. The lowest BCUT2D eigenvalue weighted by atomic mass is 9.87. The molecule has 0 radical (unpaired) electrons. The third kappa shape index (κ3) is 4.78. The van der Waals surface area contributed by atoms with E-state index in [1.807, 2.05) is 36.5 Å². The van der Waals surface area contributed by atoms with Gasteiger partial charge in [0.05, 0.1) is 5.41 Å². The van der Waals surface area contributed by atoms with Crippen molar-refractivity contribution in [3.8, 4) is 0 Å². The molecule has 0 amide bonds. The number of carbonyl (C=O) groups is 1. The number of nitrogens with zero attached hydrogens (tertiary/aromatic N) is 1. The summed E-state index contributed by atoms with van der Waals surface area (Å²) < 4.78 is 0. The van der Waals surface area contributed by atoms with Crippen molar-refractivity contribution in [1.29, 1.82) is 0 Å². The fourth-order valence-corrected chi connectivity index (χ4v) is 2.44. The predicted molar refractivity (Wildman–Crippen MR) is 93.0 cm³/mol. The summed E-state index contributed by atoms with van der Waals surface area (Å²) in [5, 5.41) is 9.18. The first-order valence-electron chi connectivity index (χ1n) is 7.90. The van der Waals surface area contributed by atoms with Gasteiger partial charge in [-0.2, -0.15) is 0 Å². The van der Waals surface area contributed by atoms with E-state index in [2.05, 4.69) is 23.2 Å². The van der Waals surface area contributed by atoms with Crippen LogP contribution < -0.4 is 0 Å². The Hall–Kier alpha value is -2.42. The van der Waals surface area contributed by atoms with Crippen LogP contribution in [0.3, 0.4) is 0 Å². The lowest BCUT2D eigenvalue weighted by Gasteiger charge is -2.18. The van der Waals surface area contributed by atoms with Crippen LogP contribution in [0.15, 0.2) is 60.9 Å². The molecule has 0 spiro atoms. The van der Waals surface area contributed by atoms with Gasteiger partial charge in [-0.25, -0.2) is 0 Å². The monoisotopic (exact) mass is 309 g/mol. The number of rotatable bonds is 7. The standard InChI is InChI=1S/C20H23NO2/c1-20(2,19(22)23)13-7-6-12-18(16-9-4-3-5-10-16)17-11-8-14-21-15-17/h3-5,8-12,14-15H,6-7,13H2,1-2H3,(H,22,23)/b18-12+. The van der Waals surface area contributed by atoms with Gasteiger partial charge >= 0.3 is 5.97 Å². The van der Waals surface area contributed by atoms with Gasteiger partial charge in [0.2, 0.25) is 0 Å². The number of benzene rings is 1. The number of carboxylic acids is 1. The van der Waals surface area contributed by atoms with Gasteiger partial charge in [0.25, 0.3) is 0 Å². The minimum Gasteiger partial charge on any atom is -0.481 e. The molecule has 1 N–H and O–H groups in total. The van der Waals surface area contributed by atoms with Crippen molar-refractivity contribution in [1.82, 2.24) is 4.98 Å². The largest absolute Gasteiger partial charge is 0.481 e. The van der Waals surface area contributed by atoms with Crippen LogP contribution in [0.1, 0.15) is 44.2 Å². The second-order valence-corrected chi connectivity index (χ2v) is 6.31. The van der Waals surface area contributed by atoms with Gasteiger partial charge in [-0.15, -0.1) is 0 Å². The zero-order chi connectivity index (χ0) is 16.7. The Morgan fingerprint density at radius 3 is 2.43 bits per heavy atom. The first-order chi connectivity index (χ1) is 11.0. The maximum atomic E-state index is 11.2. The van der Waals surface area contributed by atoms with Crippen molar-refractivity contribution in [2.45, 2.75) is 33.1 Å². The maximum Gasteiger partial charge on any atom is 0.309 e. The zero-order valence-electron chi connectivity index (χ0n) is 13.7. The maximum absolute atomic E-state index is 11.2. The molecule has 0 saturated heterocycles. The van der Waals surface area contributed by atoms with E-state index in [-0.39, 0.29) is 0 Å². The summed E-state index contributed by atoms with van der Waals surface area (Å²) in [6.45, 7) is 3.55. The lowest BCUT2D eigenvalue weighted by molar-refractivity contribution is -0.147. The highest BCUT2D eigenvalue weighted by atomic mass is 16.4. The average molecular weight is 309 g/mol. The molecule has 23 heavy (non-hydrogen) atoms. The molecule has 0 aliphatic heterocycles. The molecule has 0 fully saturated rings. The Morgan fingerprint density at radius 1 is 1.13 bits per heavy atom. The predicted octanol–water partition coefficient (Wildman–Crippen LogP) is 4.79. The number of aromatic nitrogens is 1. The molecule has 1 heterocycles. The van der Waals surface area contributed by atoms with Crippen LogP contribution >= 0.6 is 0 Å². The normalized spacial score (nSPS) is 12.2. The Labute approximate surface area is 137 Å². The van der Waals surface area contributed by atoms with Crippen LogP contribution in [0.4, 0.5) is 0 Å². The van der Waals surface area contributed by atoms with E-state index in [0.717, 1.165) is 29.5 Å². The molecule has 120 valence electrons. The van der Waals surface area contributed by atoms with Crippen LogP contribution in [0.25, 0.3) is 5.57 Å². The van der Waals surface area contributed by atoms with E-state index >= 15 is 0 Å². The van der Waals surface area contributed by atoms with Crippen molar-refractivity contribution >= 4 is 11.5 Å². The molecule has 2 rings (SSSR count). The van der Waals surface area contributed by atoms with Crippen molar-refractivity contribution in [2.75, 3.05) is 0 Å². The minimum atomic E-state index is -0.739. The van der Waals surface area contributed by atoms with Crippen LogP contribution in [-0.4, -0.2) is 16.1 Å². The quantitative estimate of drug-likeness (QED) is 0.748. The van der Waals surface area contributed by atoms with Crippen LogP contribution in [-0.2, 0) is 4.79 Å². The molecule has 3 heteroatoms. The van der Waals surface area contributed by atoms with Gasteiger partial charge in [0.1, 0.15) is 0 Å². The number of aliphatic carboxylic acids is 1. The van der Waals surface area contributed by atoms with E-state index in [1.54, 1.807) is 20.0 Å². The summed E-state index contributed by atoms with van der Waals surface area (Å²) in [5.41, 5.74) is 2.70. The number of pyridine rings is 1. The second-order valence-electron chi connectivity index (χ2n) is 6.31. The summed E-state index contributed by atoms with van der Waals surface area (Å²) in [6, 6.07) is 14.2. The third-order valence-corrected chi connectivity index (χ3v) is 3.99. The first-order valence-corrected chi connectivity index (χ1v) is 7.90. The summed E-state index contributed by atoms with van der Waals surface area (Å²) in [5.74, 6) is -0.739. The average Bonchev–Trinajstić information content (AvgIpc) is 2.56. The van der Waals surface area contributed by atoms with Gasteiger partial charge in [0.15, 0.2) is 0 Å². The van der Waals surface area contributed by atoms with Gasteiger partial charge < -0.3 is 5.11 Å². The highest BCUT2D eigenvalue weighted by Gasteiger charge is 2.25. The highest BCUT2D eigenvalue weighted by Crippen LogP contribution is 2.26. The molecule has 0 bridgehead atoms. The molecule has 0 aliphatic rings. The second kappa shape index (κ2) is 7.73. The molecule has 0 unspecified atom stereocenters. The zero-order valence-corrected chi connectivity index (χ0v) is 13.7. The van der Waals surface area contributed by atoms with Crippen LogP contribution in [0, 0.1) is 5.41 Å². The number of unbranched alkanes of at least 4 members (excludes halogenated alkanes) is 1. The van der Waals surface area contributed by atoms with Gasteiger partial charge in [-0.05, 0) is 50.3 Å². The fraction of sp³-hybridized carbons (Fsp3) is 0.300. The van der Waals surface area contributed by atoms with Crippen LogP contribution in [0.2, 0.25) is 0 Å². The van der Waals surface area contributed by atoms with E-state index in [9.17, 15) is 9.90 Å². The van der Waals surface area contributed by atoms with Gasteiger partial charge in [-0.1, -0.05) is 42.5 Å². The van der Waals surface area contributed by atoms with Gasteiger partial charge in [0, 0.05) is 18.0 Å². The Kier molecular flexibility index (Phi) is 5.69. The third-order valence-electron chi connectivity index (χ3n) is 3.99. The molecular formula is C20H23NO2. The van der Waals surface area contributed by atoms with E-state index in [0.29, 0.717) is 6.42 Å². The SMILES string of the molecule is CC(C)(CCC/C=C(\c1ccccc1)c1cccnc1)C(=O)O. The molecule has 1 aromatic heterocycles. The summed E-state index contributed by atoms with van der Waals surface area (Å²) >= 11 is 0. The van der Waals surface area contributed by atoms with Crippen molar-refractivity contribution < 1.29 is 9.90 Å². The molecule has 0 saturated carbocycles. The number of hydrogen-bond donors (Lipinski definition) is 1. The van der Waals surface area contributed by atoms with E-state index < -0.39 is 11.4 Å². The number of carboxylic acid groups (broad SMARTS) is 1. The summed E-state index contributed by atoms with van der Waals surface area (Å²) in [4.78, 5) is 15.4. The molecule has 0 aliphatic carbocycles. The van der Waals surface area contributed by atoms with E-state index in [1.165, 1.54) is 0 Å². The topological polar surface area (TPSA) is 50.2 Å². The van der Waals surface area contributed by atoms with Crippen molar-refractivity contribution in [3.63, 3.8) is 0 Å². The molecule has 1 aromatic carbocycles. The number of hydrogen-bond acceptors (Lipinski definition) is 2. The Bertz CT molecular complexity index is 619. The Morgan fingerprint density at radius 2 is 1.83 bits per heavy atom. The van der Waals surface area contributed by atoms with E-state index in [4.69, 9.17) is 0 Å². The molecule has 2 aromatic rings. The molecule has 3 nitrogen and oxygen atoms in total. The van der Waals surface area contributed by atoms with Crippen molar-refractivity contribution in [2.24, 2.45) is 5.41 Å². The number of allylic oxidation sites excluding steroid dienone is 1. The highest BCUT2D eigenvalue weighted by molar-refractivity contribution is 5.79. The van der Waals surface area contributed by atoms with Crippen LogP contribution in [0.5, 0.6) is 0 Å². The van der Waals surface area contributed by atoms with Gasteiger partial charge in [-0.3, -0.25) is 9.78 Å². The molecule has 0 atom stereocenters. The Balaban J connectivity index is 2.14. The molecular weight excluding hydrogens is 286 g/mol.